The number of anilines is 1. The molecule has 0 bridgehead atoms. The minimum absolute atomic E-state index is 0.0225. The molecule has 3 rings (SSSR count). The van der Waals surface area contributed by atoms with Crippen LogP contribution in [0.3, 0.4) is 0 Å². The Labute approximate surface area is 141 Å². The second-order valence-electron chi connectivity index (χ2n) is 4.67. The van der Waals surface area contributed by atoms with Crippen molar-refractivity contribution in [3.63, 3.8) is 0 Å². The van der Waals surface area contributed by atoms with Gasteiger partial charge in [0.15, 0.2) is 5.03 Å². The van der Waals surface area contributed by atoms with Gasteiger partial charge in [0.25, 0.3) is 6.29 Å². The van der Waals surface area contributed by atoms with Gasteiger partial charge in [-0.15, -0.1) is 0 Å². The molecular weight excluding hydrogens is 338 g/mol. The Morgan fingerprint density at radius 2 is 2.04 bits per heavy atom. The van der Waals surface area contributed by atoms with Crippen LogP contribution >= 0.6 is 11.6 Å². The van der Waals surface area contributed by atoms with E-state index < -0.39 is 18.2 Å². The second-order valence-corrected chi connectivity index (χ2v) is 5.05. The maximum absolute atomic E-state index is 12.0. The topological polar surface area (TPSA) is 87.0 Å². The number of carbonyl (C=O) groups is 2. The van der Waals surface area contributed by atoms with Gasteiger partial charge in [-0.25, -0.2) is 9.59 Å². The number of methoxy groups -OCH3 is 1. The highest BCUT2D eigenvalue weighted by atomic mass is 35.5. The van der Waals surface area contributed by atoms with Crippen LogP contribution in [0.4, 0.5) is 5.69 Å². The van der Waals surface area contributed by atoms with Gasteiger partial charge in [-0.05, 0) is 24.3 Å². The fourth-order valence-electron chi connectivity index (χ4n) is 2.06. The van der Waals surface area contributed by atoms with Crippen molar-refractivity contribution in [2.24, 2.45) is 0 Å². The molecule has 1 aromatic carbocycles. The third-order valence-electron chi connectivity index (χ3n) is 3.18. The van der Waals surface area contributed by atoms with E-state index in [1.807, 2.05) is 0 Å². The quantitative estimate of drug-likeness (QED) is 0.830. The summed E-state index contributed by atoms with van der Waals surface area (Å²) in [6.07, 6.45) is 0.0150. The van der Waals surface area contributed by atoms with E-state index in [2.05, 4.69) is 5.32 Å². The van der Waals surface area contributed by atoms with Gasteiger partial charge in [-0.3, -0.25) is 0 Å². The Kier molecular flexibility index (Phi) is 4.43. The lowest BCUT2D eigenvalue weighted by molar-refractivity contribution is -0.152. The second kappa shape index (κ2) is 6.67. The lowest BCUT2D eigenvalue weighted by Crippen LogP contribution is -2.24. The van der Waals surface area contributed by atoms with Crippen LogP contribution in [0, 0.1) is 0 Å². The first-order chi connectivity index (χ1) is 11.6. The van der Waals surface area contributed by atoms with E-state index >= 15 is 0 Å². The molecule has 1 N–H and O–H groups in total. The Bertz CT molecular complexity index is 799. The number of carbonyl (C=O) groups excluding carboxylic acids is 2. The van der Waals surface area contributed by atoms with Crippen molar-refractivity contribution in [3.8, 4) is 5.75 Å². The zero-order valence-electron chi connectivity index (χ0n) is 12.4. The van der Waals surface area contributed by atoms with Gasteiger partial charge in [-0.1, -0.05) is 23.7 Å². The Morgan fingerprint density at radius 1 is 1.25 bits per heavy atom. The molecule has 0 saturated heterocycles. The van der Waals surface area contributed by atoms with Gasteiger partial charge in [-0.2, -0.15) is 0 Å². The van der Waals surface area contributed by atoms with Gasteiger partial charge in [0, 0.05) is 0 Å². The molecule has 0 radical (unpaired) electrons. The van der Waals surface area contributed by atoms with Crippen LogP contribution in [0.2, 0.25) is 0 Å². The molecule has 0 fully saturated rings. The molecule has 1 aromatic heterocycles. The predicted molar refractivity (Wildman–Crippen MR) is 83.5 cm³/mol. The highest BCUT2D eigenvalue weighted by Gasteiger charge is 2.37. The normalized spacial score (nSPS) is 16.8. The fourth-order valence-corrected chi connectivity index (χ4v) is 2.24. The van der Waals surface area contributed by atoms with E-state index in [-0.39, 0.29) is 16.5 Å². The largest absolute Gasteiger partial charge is 0.495 e. The van der Waals surface area contributed by atoms with Crippen molar-refractivity contribution in [3.05, 3.63) is 59.2 Å². The molecule has 1 atom stereocenters. The van der Waals surface area contributed by atoms with Gasteiger partial charge in [0.1, 0.15) is 11.4 Å². The maximum atomic E-state index is 12.0. The molecule has 1 aliphatic rings. The highest BCUT2D eigenvalue weighted by molar-refractivity contribution is 6.42. The number of cyclic esters (lactones) is 1. The SMILES string of the molecule is COc1ccccc1NC1=C(Cl)C(=O)O[C@@H]1OC(=O)c1ccco1. The van der Waals surface area contributed by atoms with E-state index in [1.165, 1.54) is 25.5 Å². The summed E-state index contributed by atoms with van der Waals surface area (Å²) >= 11 is 5.96. The highest BCUT2D eigenvalue weighted by Crippen LogP contribution is 2.32. The third kappa shape index (κ3) is 3.07. The molecule has 1 aliphatic heterocycles. The number of ether oxygens (including phenoxy) is 3. The van der Waals surface area contributed by atoms with Crippen molar-refractivity contribution in [2.75, 3.05) is 12.4 Å². The molecule has 2 aromatic rings. The van der Waals surface area contributed by atoms with Crippen molar-refractivity contribution in [2.45, 2.75) is 6.29 Å². The minimum Gasteiger partial charge on any atom is -0.495 e. The summed E-state index contributed by atoms with van der Waals surface area (Å²) < 4.78 is 20.3. The molecule has 124 valence electrons. The first-order valence-electron chi connectivity index (χ1n) is 6.85. The summed E-state index contributed by atoms with van der Waals surface area (Å²) in [5.41, 5.74) is 0.636. The number of esters is 2. The summed E-state index contributed by atoms with van der Waals surface area (Å²) in [5.74, 6) is -1.09. The summed E-state index contributed by atoms with van der Waals surface area (Å²) in [7, 11) is 1.50. The third-order valence-corrected chi connectivity index (χ3v) is 3.54. The van der Waals surface area contributed by atoms with Crippen molar-refractivity contribution >= 4 is 29.2 Å². The van der Waals surface area contributed by atoms with Crippen LogP contribution in [0.1, 0.15) is 10.6 Å². The van der Waals surface area contributed by atoms with Crippen LogP contribution in [0.25, 0.3) is 0 Å². The predicted octanol–water partition coefficient (Wildman–Crippen LogP) is 2.89. The molecule has 8 heteroatoms. The number of rotatable bonds is 5. The zero-order valence-corrected chi connectivity index (χ0v) is 13.2. The van der Waals surface area contributed by atoms with Crippen molar-refractivity contribution < 1.29 is 28.2 Å². The molecule has 2 heterocycles. The molecular formula is C16H12ClNO6. The number of halogens is 1. The average Bonchev–Trinajstić information content (AvgIpc) is 3.20. The lowest BCUT2D eigenvalue weighted by atomic mass is 10.2. The number of para-hydroxylation sites is 2. The maximum Gasteiger partial charge on any atom is 0.377 e. The summed E-state index contributed by atoms with van der Waals surface area (Å²) in [4.78, 5) is 23.7. The smallest absolute Gasteiger partial charge is 0.377 e. The average molecular weight is 350 g/mol. The molecule has 0 spiro atoms. The monoisotopic (exact) mass is 349 g/mol. The Balaban J connectivity index is 1.83. The first-order valence-corrected chi connectivity index (χ1v) is 7.23. The number of hydrogen-bond donors (Lipinski definition) is 1. The van der Waals surface area contributed by atoms with E-state index in [1.54, 1.807) is 24.3 Å². The summed E-state index contributed by atoms with van der Waals surface area (Å²) in [6.45, 7) is 0. The molecule has 7 nitrogen and oxygen atoms in total. The van der Waals surface area contributed by atoms with Crippen molar-refractivity contribution in [1.82, 2.24) is 0 Å². The van der Waals surface area contributed by atoms with E-state index in [0.717, 1.165) is 0 Å². The number of hydrogen-bond acceptors (Lipinski definition) is 7. The molecule has 0 aliphatic carbocycles. The summed E-state index contributed by atoms with van der Waals surface area (Å²) in [6, 6.07) is 9.94. The molecule has 0 amide bonds. The number of benzene rings is 1. The first kappa shape index (κ1) is 15.9. The molecule has 0 unspecified atom stereocenters. The van der Waals surface area contributed by atoms with E-state index in [4.69, 9.17) is 30.2 Å². The standard InChI is InChI=1S/C16H12ClNO6/c1-21-10-6-3-2-5-9(10)18-13-12(17)15(20)24-16(13)23-14(19)11-7-4-8-22-11/h2-8,16,18H,1H3/t16-/m0/s1. The van der Waals surface area contributed by atoms with Crippen LogP contribution in [-0.4, -0.2) is 25.3 Å². The van der Waals surface area contributed by atoms with Gasteiger partial charge in [0.05, 0.1) is 19.1 Å². The lowest BCUT2D eigenvalue weighted by Gasteiger charge is -2.17. The van der Waals surface area contributed by atoms with Crippen molar-refractivity contribution in [1.29, 1.82) is 0 Å². The zero-order chi connectivity index (χ0) is 17.1. The van der Waals surface area contributed by atoms with Crippen LogP contribution in [-0.2, 0) is 14.3 Å². The van der Waals surface area contributed by atoms with Crippen LogP contribution in [0.5, 0.6) is 5.75 Å². The summed E-state index contributed by atoms with van der Waals surface area (Å²) in [5, 5.41) is 2.70. The number of nitrogens with one attached hydrogen (secondary N) is 1. The van der Waals surface area contributed by atoms with Gasteiger partial charge < -0.3 is 23.9 Å². The minimum atomic E-state index is -1.31. The Morgan fingerprint density at radius 3 is 2.75 bits per heavy atom. The van der Waals surface area contributed by atoms with Crippen LogP contribution in [0.15, 0.2) is 57.8 Å². The number of furan rings is 1. The fraction of sp³-hybridized carbons (Fsp3) is 0.125. The molecule has 24 heavy (non-hydrogen) atoms. The molecule has 0 saturated carbocycles. The Hall–Kier alpha value is -2.93. The van der Waals surface area contributed by atoms with Crippen LogP contribution < -0.4 is 10.1 Å². The van der Waals surface area contributed by atoms with Gasteiger partial charge >= 0.3 is 11.9 Å². The van der Waals surface area contributed by atoms with E-state index in [0.29, 0.717) is 11.4 Å². The van der Waals surface area contributed by atoms with Gasteiger partial charge in [0.2, 0.25) is 5.76 Å². The van der Waals surface area contributed by atoms with E-state index in [9.17, 15) is 9.59 Å².